The zero-order valence-electron chi connectivity index (χ0n) is 11.6. The van der Waals surface area contributed by atoms with E-state index in [1.165, 1.54) is 6.20 Å². The van der Waals surface area contributed by atoms with Gasteiger partial charge in [0.2, 0.25) is 11.7 Å². The molecule has 1 saturated heterocycles. The zero-order chi connectivity index (χ0) is 14.7. The van der Waals surface area contributed by atoms with Crippen LogP contribution < -0.4 is 4.90 Å². The second-order valence-corrected chi connectivity index (χ2v) is 5.01. The van der Waals surface area contributed by atoms with Gasteiger partial charge in [0.15, 0.2) is 0 Å². The number of hydrogen-bond acceptors (Lipinski definition) is 5. The van der Waals surface area contributed by atoms with E-state index >= 15 is 0 Å². The summed E-state index contributed by atoms with van der Waals surface area (Å²) in [6.07, 6.45) is 1.44. The quantitative estimate of drug-likeness (QED) is 0.865. The molecule has 0 bridgehead atoms. The van der Waals surface area contributed by atoms with Gasteiger partial charge in [0, 0.05) is 38.3 Å². The van der Waals surface area contributed by atoms with Gasteiger partial charge in [-0.1, -0.05) is 13.8 Å². The third-order valence-corrected chi connectivity index (χ3v) is 3.24. The van der Waals surface area contributed by atoms with Crippen LogP contribution in [0.2, 0.25) is 0 Å². The van der Waals surface area contributed by atoms with Crippen LogP contribution in [0.5, 0.6) is 0 Å². The molecule has 108 valence electrons. The average molecular weight is 278 g/mol. The molecular weight excluding hydrogens is 260 g/mol. The molecule has 1 aliphatic heterocycles. The van der Waals surface area contributed by atoms with Gasteiger partial charge in [-0.2, -0.15) is 0 Å². The van der Waals surface area contributed by atoms with Gasteiger partial charge in [-0.3, -0.25) is 4.79 Å². The summed E-state index contributed by atoms with van der Waals surface area (Å²) in [4.78, 5) is 34.3. The van der Waals surface area contributed by atoms with E-state index in [-0.39, 0.29) is 17.6 Å². The van der Waals surface area contributed by atoms with Gasteiger partial charge in [-0.05, 0) is 6.07 Å². The molecule has 1 amide bonds. The van der Waals surface area contributed by atoms with E-state index in [0.717, 1.165) is 0 Å². The monoisotopic (exact) mass is 278 g/mol. The Labute approximate surface area is 117 Å². The Bertz CT molecular complexity index is 510. The van der Waals surface area contributed by atoms with Crippen molar-refractivity contribution in [1.29, 1.82) is 0 Å². The number of carboxylic acid groups (broad SMARTS) is 1. The van der Waals surface area contributed by atoms with Crippen molar-refractivity contribution in [2.45, 2.75) is 13.8 Å². The maximum atomic E-state index is 11.9. The van der Waals surface area contributed by atoms with Crippen molar-refractivity contribution in [2.24, 2.45) is 5.92 Å². The van der Waals surface area contributed by atoms with E-state index in [2.05, 4.69) is 9.97 Å². The minimum Gasteiger partial charge on any atom is -0.475 e. The summed E-state index contributed by atoms with van der Waals surface area (Å²) in [6, 6.07) is 1.69. The van der Waals surface area contributed by atoms with Crippen molar-refractivity contribution in [2.75, 3.05) is 31.1 Å². The van der Waals surface area contributed by atoms with Crippen LogP contribution in [-0.2, 0) is 4.79 Å². The molecule has 1 fully saturated rings. The highest BCUT2D eigenvalue weighted by molar-refractivity contribution is 5.83. The topological polar surface area (TPSA) is 86.6 Å². The standard InChI is InChI=1S/C13H18N4O3/c1-9(2)12(18)17-7-5-16(6-8-17)10-3-4-14-11(15-10)13(19)20/h3-4,9H,5-8H2,1-2H3,(H,19,20). The highest BCUT2D eigenvalue weighted by atomic mass is 16.4. The minimum atomic E-state index is -1.14. The Kier molecular flexibility index (Phi) is 4.16. The number of carbonyl (C=O) groups excluding carboxylic acids is 1. The van der Waals surface area contributed by atoms with Crippen LogP contribution >= 0.6 is 0 Å². The maximum absolute atomic E-state index is 11.9. The summed E-state index contributed by atoms with van der Waals surface area (Å²) in [5, 5.41) is 8.89. The smallest absolute Gasteiger partial charge is 0.374 e. The van der Waals surface area contributed by atoms with Gasteiger partial charge in [0.1, 0.15) is 5.82 Å². The molecule has 2 rings (SSSR count). The van der Waals surface area contributed by atoms with E-state index in [9.17, 15) is 9.59 Å². The number of amides is 1. The molecular formula is C13H18N4O3. The molecule has 0 spiro atoms. The second kappa shape index (κ2) is 5.85. The normalized spacial score (nSPS) is 15.6. The minimum absolute atomic E-state index is 0.000728. The first kappa shape index (κ1) is 14.2. The lowest BCUT2D eigenvalue weighted by Crippen LogP contribution is -2.50. The number of carbonyl (C=O) groups is 2. The fraction of sp³-hybridized carbons (Fsp3) is 0.538. The van der Waals surface area contributed by atoms with Crippen LogP contribution in [0.4, 0.5) is 5.82 Å². The number of hydrogen-bond donors (Lipinski definition) is 1. The predicted octanol–water partition coefficient (Wildman–Crippen LogP) is 0.479. The Balaban J connectivity index is 2.02. The van der Waals surface area contributed by atoms with Crippen molar-refractivity contribution in [1.82, 2.24) is 14.9 Å². The van der Waals surface area contributed by atoms with Gasteiger partial charge >= 0.3 is 5.97 Å². The number of aromatic carboxylic acids is 1. The Hall–Kier alpha value is -2.18. The molecule has 0 saturated carbocycles. The molecule has 2 heterocycles. The van der Waals surface area contributed by atoms with E-state index < -0.39 is 5.97 Å². The van der Waals surface area contributed by atoms with Crippen LogP contribution in [0.1, 0.15) is 24.5 Å². The SMILES string of the molecule is CC(C)C(=O)N1CCN(c2ccnc(C(=O)O)n2)CC1. The highest BCUT2D eigenvalue weighted by Crippen LogP contribution is 2.14. The molecule has 1 aromatic heterocycles. The van der Waals surface area contributed by atoms with Gasteiger partial charge in [0.05, 0.1) is 0 Å². The van der Waals surface area contributed by atoms with Gasteiger partial charge < -0.3 is 14.9 Å². The summed E-state index contributed by atoms with van der Waals surface area (Å²) < 4.78 is 0. The summed E-state index contributed by atoms with van der Waals surface area (Å²) in [5.74, 6) is -0.601. The second-order valence-electron chi connectivity index (χ2n) is 5.01. The molecule has 0 aliphatic carbocycles. The average Bonchev–Trinajstić information content (AvgIpc) is 2.46. The lowest BCUT2D eigenvalue weighted by atomic mass is 10.1. The predicted molar refractivity (Wildman–Crippen MR) is 72.6 cm³/mol. The summed E-state index contributed by atoms with van der Waals surface area (Å²) >= 11 is 0. The fourth-order valence-electron chi connectivity index (χ4n) is 2.15. The van der Waals surface area contributed by atoms with Crippen molar-refractivity contribution in [3.63, 3.8) is 0 Å². The van der Waals surface area contributed by atoms with E-state index in [1.54, 1.807) is 6.07 Å². The van der Waals surface area contributed by atoms with Crippen molar-refractivity contribution in [3.8, 4) is 0 Å². The van der Waals surface area contributed by atoms with Gasteiger partial charge in [-0.25, -0.2) is 14.8 Å². The molecule has 0 radical (unpaired) electrons. The lowest BCUT2D eigenvalue weighted by Gasteiger charge is -2.36. The molecule has 20 heavy (non-hydrogen) atoms. The van der Waals surface area contributed by atoms with Crippen molar-refractivity contribution >= 4 is 17.7 Å². The van der Waals surface area contributed by atoms with E-state index in [1.807, 2.05) is 23.6 Å². The van der Waals surface area contributed by atoms with Crippen molar-refractivity contribution < 1.29 is 14.7 Å². The first-order valence-electron chi connectivity index (χ1n) is 6.59. The van der Waals surface area contributed by atoms with Crippen LogP contribution in [0.25, 0.3) is 0 Å². The van der Waals surface area contributed by atoms with Gasteiger partial charge in [-0.15, -0.1) is 0 Å². The number of nitrogens with zero attached hydrogens (tertiary/aromatic N) is 4. The summed E-state index contributed by atoms with van der Waals surface area (Å²) in [5.41, 5.74) is 0. The Morgan fingerprint density at radius 3 is 2.45 bits per heavy atom. The molecule has 7 heteroatoms. The number of aromatic nitrogens is 2. The molecule has 1 N–H and O–H groups in total. The number of carboxylic acids is 1. The molecule has 0 aromatic carbocycles. The van der Waals surface area contributed by atoms with Gasteiger partial charge in [0.25, 0.3) is 0 Å². The van der Waals surface area contributed by atoms with Crippen LogP contribution in [0, 0.1) is 5.92 Å². The van der Waals surface area contributed by atoms with E-state index in [4.69, 9.17) is 5.11 Å². The number of piperazine rings is 1. The summed E-state index contributed by atoms with van der Waals surface area (Å²) in [6.45, 7) is 6.33. The Morgan fingerprint density at radius 1 is 1.25 bits per heavy atom. The largest absolute Gasteiger partial charge is 0.475 e. The van der Waals surface area contributed by atoms with Crippen LogP contribution in [0.15, 0.2) is 12.3 Å². The molecule has 1 aromatic rings. The zero-order valence-corrected chi connectivity index (χ0v) is 11.6. The number of anilines is 1. The van der Waals surface area contributed by atoms with Crippen LogP contribution in [-0.4, -0.2) is 58.0 Å². The highest BCUT2D eigenvalue weighted by Gasteiger charge is 2.23. The molecule has 0 unspecified atom stereocenters. The van der Waals surface area contributed by atoms with Crippen LogP contribution in [0.3, 0.4) is 0 Å². The first-order valence-corrected chi connectivity index (χ1v) is 6.59. The third kappa shape index (κ3) is 3.04. The van der Waals surface area contributed by atoms with E-state index in [0.29, 0.717) is 32.0 Å². The number of rotatable bonds is 3. The fourth-order valence-corrected chi connectivity index (χ4v) is 2.15. The lowest BCUT2D eigenvalue weighted by molar-refractivity contribution is -0.134. The maximum Gasteiger partial charge on any atom is 0.374 e. The van der Waals surface area contributed by atoms with Crippen molar-refractivity contribution in [3.05, 3.63) is 18.1 Å². The summed E-state index contributed by atoms with van der Waals surface area (Å²) in [7, 11) is 0. The third-order valence-electron chi connectivity index (χ3n) is 3.24. The Morgan fingerprint density at radius 2 is 1.90 bits per heavy atom. The molecule has 1 aliphatic rings. The molecule has 7 nitrogen and oxygen atoms in total. The first-order chi connectivity index (χ1) is 9.49. The molecule has 0 atom stereocenters.